The van der Waals surface area contributed by atoms with Crippen molar-refractivity contribution < 1.29 is 18.0 Å². The zero-order valence-electron chi connectivity index (χ0n) is 14.9. The Balaban J connectivity index is 1.63. The van der Waals surface area contributed by atoms with E-state index in [1.807, 2.05) is 41.8 Å². The molecule has 0 aliphatic carbocycles. The quantitative estimate of drug-likeness (QED) is 0.670. The van der Waals surface area contributed by atoms with Gasteiger partial charge in [0.25, 0.3) is 11.8 Å². The third-order valence-corrected chi connectivity index (χ3v) is 5.31. The van der Waals surface area contributed by atoms with Crippen molar-refractivity contribution in [3.63, 3.8) is 0 Å². The number of benzene rings is 2. The van der Waals surface area contributed by atoms with Crippen LogP contribution >= 0.6 is 0 Å². The lowest BCUT2D eigenvalue weighted by Gasteiger charge is -2.10. The molecule has 0 spiro atoms. The fourth-order valence-corrected chi connectivity index (χ4v) is 3.42. The molecule has 2 amide bonds. The second kappa shape index (κ2) is 7.24. The van der Waals surface area contributed by atoms with Crippen LogP contribution in [0.3, 0.4) is 0 Å². The second-order valence-corrected chi connectivity index (χ2v) is 8.25. The maximum atomic E-state index is 12.2. The topological polar surface area (TPSA) is 97.3 Å². The van der Waals surface area contributed by atoms with Crippen LogP contribution in [-0.4, -0.2) is 31.1 Å². The normalized spacial score (nSPS) is 11.3. The number of amides is 2. The van der Waals surface area contributed by atoms with Crippen molar-refractivity contribution in [2.75, 3.05) is 6.26 Å². The molecule has 0 aliphatic heterocycles. The Hall–Kier alpha value is -3.13. The molecule has 0 unspecified atom stereocenters. The summed E-state index contributed by atoms with van der Waals surface area (Å²) in [6, 6.07) is 15.2. The van der Waals surface area contributed by atoms with E-state index in [-0.39, 0.29) is 22.9 Å². The summed E-state index contributed by atoms with van der Waals surface area (Å²) in [4.78, 5) is 24.4. The first-order chi connectivity index (χ1) is 12.8. The Labute approximate surface area is 156 Å². The summed E-state index contributed by atoms with van der Waals surface area (Å²) in [5.74, 6) is -0.905. The van der Waals surface area contributed by atoms with Gasteiger partial charge in [0.1, 0.15) is 6.54 Å². The zero-order valence-corrected chi connectivity index (χ0v) is 15.7. The van der Waals surface area contributed by atoms with E-state index in [0.717, 1.165) is 22.9 Å². The van der Waals surface area contributed by atoms with Gasteiger partial charge in [-0.25, -0.2) is 8.42 Å². The molecule has 0 bridgehead atoms. The first-order valence-corrected chi connectivity index (χ1v) is 10.1. The Kier molecular flexibility index (Phi) is 5.00. The molecule has 0 fully saturated rings. The molecule has 0 saturated heterocycles. The molecule has 0 atom stereocenters. The van der Waals surface area contributed by atoms with Crippen LogP contribution in [0.25, 0.3) is 10.9 Å². The van der Waals surface area contributed by atoms with E-state index in [9.17, 15) is 18.0 Å². The fraction of sp³-hybridized carbons (Fsp3) is 0.158. The molecule has 1 aromatic heterocycles. The van der Waals surface area contributed by atoms with Crippen molar-refractivity contribution in [2.45, 2.75) is 18.4 Å². The highest BCUT2D eigenvalue weighted by Gasteiger charge is 2.12. The lowest BCUT2D eigenvalue weighted by Crippen LogP contribution is -2.43. The number of aryl methyl sites for hydroxylation is 1. The summed E-state index contributed by atoms with van der Waals surface area (Å²) in [6.07, 6.45) is 1.09. The summed E-state index contributed by atoms with van der Waals surface area (Å²) in [7, 11) is -3.33. The number of hydrazine groups is 1. The predicted molar refractivity (Wildman–Crippen MR) is 102 cm³/mol. The van der Waals surface area contributed by atoms with Crippen molar-refractivity contribution in [3.05, 3.63) is 65.9 Å². The average Bonchev–Trinajstić information content (AvgIpc) is 2.94. The van der Waals surface area contributed by atoms with Gasteiger partial charge in [0.2, 0.25) is 0 Å². The molecular weight excluding hydrogens is 366 g/mol. The van der Waals surface area contributed by atoms with Crippen LogP contribution in [-0.2, 0) is 21.2 Å². The number of para-hydroxylation sites is 1. The van der Waals surface area contributed by atoms with Crippen molar-refractivity contribution in [1.82, 2.24) is 15.4 Å². The third-order valence-electron chi connectivity index (χ3n) is 4.18. The molecular formula is C19H19N3O4S. The molecule has 27 heavy (non-hydrogen) atoms. The highest BCUT2D eigenvalue weighted by atomic mass is 32.2. The molecule has 3 rings (SSSR count). The SMILES string of the molecule is Cc1cc2ccccc2n1CC(=O)NNC(=O)c1ccc(S(C)(=O)=O)cc1. The van der Waals surface area contributed by atoms with E-state index in [0.29, 0.717) is 0 Å². The maximum Gasteiger partial charge on any atom is 0.269 e. The Morgan fingerprint density at radius 2 is 1.67 bits per heavy atom. The van der Waals surface area contributed by atoms with Crippen molar-refractivity contribution in [1.29, 1.82) is 0 Å². The van der Waals surface area contributed by atoms with Gasteiger partial charge in [0.05, 0.1) is 4.90 Å². The number of fused-ring (bicyclic) bond motifs is 1. The summed E-state index contributed by atoms with van der Waals surface area (Å²) in [6.45, 7) is 1.97. The van der Waals surface area contributed by atoms with Gasteiger partial charge in [-0.1, -0.05) is 18.2 Å². The molecule has 7 nitrogen and oxygen atoms in total. The van der Waals surface area contributed by atoms with E-state index in [2.05, 4.69) is 10.9 Å². The van der Waals surface area contributed by atoms with Crippen LogP contribution in [0, 0.1) is 6.92 Å². The first kappa shape index (κ1) is 18.7. The van der Waals surface area contributed by atoms with Crippen LogP contribution in [0.5, 0.6) is 0 Å². The van der Waals surface area contributed by atoms with Gasteiger partial charge in [-0.05, 0) is 48.7 Å². The molecule has 0 saturated carbocycles. The lowest BCUT2D eigenvalue weighted by atomic mass is 10.2. The number of carbonyl (C=O) groups is 2. The smallest absolute Gasteiger partial charge is 0.269 e. The standard InChI is InChI=1S/C19H19N3O4S/c1-13-11-15-5-3-4-6-17(15)22(13)12-18(23)20-21-19(24)14-7-9-16(10-8-14)27(2,25)26/h3-11H,12H2,1-2H3,(H,20,23)(H,21,24). The van der Waals surface area contributed by atoms with Crippen LogP contribution in [0.4, 0.5) is 0 Å². The van der Waals surface area contributed by atoms with Crippen LogP contribution in [0.2, 0.25) is 0 Å². The number of hydrogen-bond donors (Lipinski definition) is 2. The van der Waals surface area contributed by atoms with Crippen molar-refractivity contribution in [2.24, 2.45) is 0 Å². The van der Waals surface area contributed by atoms with Crippen molar-refractivity contribution >= 4 is 32.6 Å². The second-order valence-electron chi connectivity index (χ2n) is 6.23. The molecule has 0 aliphatic rings. The van der Waals surface area contributed by atoms with E-state index >= 15 is 0 Å². The number of sulfone groups is 1. The summed E-state index contributed by atoms with van der Waals surface area (Å²) < 4.78 is 24.7. The maximum absolute atomic E-state index is 12.2. The number of hydrogen-bond acceptors (Lipinski definition) is 4. The third kappa shape index (κ3) is 4.17. The van der Waals surface area contributed by atoms with E-state index in [1.54, 1.807) is 0 Å². The molecule has 1 heterocycles. The van der Waals surface area contributed by atoms with E-state index in [1.165, 1.54) is 24.3 Å². The Morgan fingerprint density at radius 3 is 2.33 bits per heavy atom. The zero-order chi connectivity index (χ0) is 19.6. The molecule has 2 aromatic carbocycles. The van der Waals surface area contributed by atoms with Gasteiger partial charge in [-0.15, -0.1) is 0 Å². The number of rotatable bonds is 4. The Morgan fingerprint density at radius 1 is 1.00 bits per heavy atom. The number of nitrogens with zero attached hydrogens (tertiary/aromatic N) is 1. The molecule has 3 aromatic rings. The number of carbonyl (C=O) groups excluding carboxylic acids is 2. The van der Waals surface area contributed by atoms with Gasteiger partial charge < -0.3 is 4.57 Å². The van der Waals surface area contributed by atoms with Gasteiger partial charge in [-0.2, -0.15) is 0 Å². The monoisotopic (exact) mass is 385 g/mol. The van der Waals surface area contributed by atoms with Gasteiger partial charge in [0.15, 0.2) is 9.84 Å². The molecule has 140 valence electrons. The Bertz CT molecular complexity index is 1120. The summed E-state index contributed by atoms with van der Waals surface area (Å²) in [5.41, 5.74) is 6.83. The van der Waals surface area contributed by atoms with Gasteiger partial charge in [-0.3, -0.25) is 20.4 Å². The van der Waals surface area contributed by atoms with E-state index in [4.69, 9.17) is 0 Å². The summed E-state index contributed by atoms with van der Waals surface area (Å²) in [5, 5.41) is 1.04. The minimum atomic E-state index is -3.33. The van der Waals surface area contributed by atoms with Crippen LogP contribution in [0.15, 0.2) is 59.5 Å². The first-order valence-electron chi connectivity index (χ1n) is 8.20. The highest BCUT2D eigenvalue weighted by molar-refractivity contribution is 7.90. The fourth-order valence-electron chi connectivity index (χ4n) is 2.79. The molecule has 0 radical (unpaired) electrons. The van der Waals surface area contributed by atoms with E-state index < -0.39 is 15.7 Å². The summed E-state index contributed by atoms with van der Waals surface area (Å²) >= 11 is 0. The largest absolute Gasteiger partial charge is 0.335 e. The minimum absolute atomic E-state index is 0.0621. The van der Waals surface area contributed by atoms with Crippen molar-refractivity contribution in [3.8, 4) is 0 Å². The highest BCUT2D eigenvalue weighted by Crippen LogP contribution is 2.18. The van der Waals surface area contributed by atoms with Gasteiger partial charge in [0, 0.05) is 23.0 Å². The molecule has 2 N–H and O–H groups in total. The number of nitrogens with one attached hydrogen (secondary N) is 2. The lowest BCUT2D eigenvalue weighted by molar-refractivity contribution is -0.122. The van der Waals surface area contributed by atoms with Gasteiger partial charge >= 0.3 is 0 Å². The molecule has 8 heteroatoms. The minimum Gasteiger partial charge on any atom is -0.335 e. The van der Waals surface area contributed by atoms with Crippen LogP contribution in [0.1, 0.15) is 16.1 Å². The van der Waals surface area contributed by atoms with Crippen LogP contribution < -0.4 is 10.9 Å². The number of aromatic nitrogens is 1. The average molecular weight is 385 g/mol. The predicted octanol–water partition coefficient (Wildman–Crippen LogP) is 1.81.